The van der Waals surface area contributed by atoms with Gasteiger partial charge in [-0.3, -0.25) is 23.5 Å². The number of fused-ring (bicyclic) bond motifs is 1. The monoisotopic (exact) mass is 456 g/mol. The first kappa shape index (κ1) is 23.5. The summed E-state index contributed by atoms with van der Waals surface area (Å²) in [5, 5.41) is 7.99. The van der Waals surface area contributed by atoms with Gasteiger partial charge < -0.3 is 10.6 Å². The van der Waals surface area contributed by atoms with E-state index in [4.69, 9.17) is 0 Å². The fraction of sp³-hybridized carbons (Fsp3) is 0.391. The predicted octanol–water partition coefficient (Wildman–Crippen LogP) is 2.24. The third kappa shape index (κ3) is 5.94. The van der Waals surface area contributed by atoms with Crippen molar-refractivity contribution in [1.29, 1.82) is 0 Å². The van der Waals surface area contributed by atoms with Crippen LogP contribution in [0, 0.1) is 0 Å². The molecule has 2 aromatic heterocycles. The van der Waals surface area contributed by atoms with Crippen molar-refractivity contribution in [1.82, 2.24) is 19.8 Å². The molecule has 0 saturated heterocycles. The SMILES string of the molecule is CCCNC(=O)Cn1c(=O)n(CCCCC(=O)NCc2cccs2)c(=O)c2ccccc21. The van der Waals surface area contributed by atoms with Gasteiger partial charge in [0, 0.05) is 24.4 Å². The number of aromatic nitrogens is 2. The topological polar surface area (TPSA) is 102 Å². The van der Waals surface area contributed by atoms with Crippen molar-refractivity contribution >= 4 is 34.1 Å². The van der Waals surface area contributed by atoms with Gasteiger partial charge in [-0.1, -0.05) is 25.1 Å². The number of unbranched alkanes of at least 4 members (excludes halogenated alkanes) is 1. The second-order valence-electron chi connectivity index (χ2n) is 7.51. The van der Waals surface area contributed by atoms with Crippen molar-refractivity contribution in [3.63, 3.8) is 0 Å². The Kier molecular flexibility index (Phi) is 8.38. The standard InChI is InChI=1S/C23H28N4O4S/c1-2-12-24-21(29)16-27-19-10-4-3-9-18(19)22(30)26(23(27)31)13-6-5-11-20(28)25-15-17-8-7-14-32-17/h3-4,7-10,14H,2,5-6,11-13,15-16H2,1H3,(H,24,29)(H,25,28). The number of carbonyl (C=O) groups is 2. The normalized spacial score (nSPS) is 10.9. The molecule has 9 heteroatoms. The fourth-order valence-electron chi connectivity index (χ4n) is 3.43. The summed E-state index contributed by atoms with van der Waals surface area (Å²) in [7, 11) is 0. The Bertz CT molecular complexity index is 1180. The van der Waals surface area contributed by atoms with E-state index in [-0.39, 0.29) is 30.5 Å². The molecule has 3 rings (SSSR count). The minimum absolute atomic E-state index is 0.0609. The Morgan fingerprint density at radius 2 is 1.78 bits per heavy atom. The van der Waals surface area contributed by atoms with Crippen LogP contribution in [-0.4, -0.2) is 27.5 Å². The highest BCUT2D eigenvalue weighted by atomic mass is 32.1. The summed E-state index contributed by atoms with van der Waals surface area (Å²) in [5.74, 6) is -0.332. The summed E-state index contributed by atoms with van der Waals surface area (Å²) in [4.78, 5) is 51.3. The number of para-hydroxylation sites is 1. The van der Waals surface area contributed by atoms with Gasteiger partial charge in [0.2, 0.25) is 11.8 Å². The number of nitrogens with one attached hydrogen (secondary N) is 2. The highest BCUT2D eigenvalue weighted by Crippen LogP contribution is 2.09. The number of thiophene rings is 1. The van der Waals surface area contributed by atoms with Gasteiger partial charge in [-0.05, 0) is 42.8 Å². The second-order valence-corrected chi connectivity index (χ2v) is 8.54. The Labute approximate surface area is 189 Å². The van der Waals surface area contributed by atoms with Gasteiger partial charge in [-0.2, -0.15) is 0 Å². The zero-order valence-electron chi connectivity index (χ0n) is 18.1. The van der Waals surface area contributed by atoms with Crippen LogP contribution in [0.3, 0.4) is 0 Å². The number of benzene rings is 1. The Morgan fingerprint density at radius 3 is 2.53 bits per heavy atom. The van der Waals surface area contributed by atoms with Crippen LogP contribution in [0.1, 0.15) is 37.5 Å². The first-order valence-corrected chi connectivity index (χ1v) is 11.7. The van der Waals surface area contributed by atoms with Crippen LogP contribution in [0.5, 0.6) is 0 Å². The molecule has 0 aliphatic heterocycles. The quantitative estimate of drug-likeness (QED) is 0.432. The maximum atomic E-state index is 13.0. The van der Waals surface area contributed by atoms with Crippen molar-refractivity contribution in [3.8, 4) is 0 Å². The molecular formula is C23H28N4O4S. The van der Waals surface area contributed by atoms with Crippen LogP contribution in [0.25, 0.3) is 10.9 Å². The summed E-state index contributed by atoms with van der Waals surface area (Å²) in [6, 6.07) is 10.7. The van der Waals surface area contributed by atoms with E-state index in [1.165, 1.54) is 9.13 Å². The molecule has 32 heavy (non-hydrogen) atoms. The van der Waals surface area contributed by atoms with E-state index in [0.717, 1.165) is 11.3 Å². The average molecular weight is 457 g/mol. The van der Waals surface area contributed by atoms with Crippen molar-refractivity contribution in [3.05, 3.63) is 67.5 Å². The zero-order valence-corrected chi connectivity index (χ0v) is 19.0. The average Bonchev–Trinajstić information content (AvgIpc) is 3.32. The lowest BCUT2D eigenvalue weighted by atomic mass is 10.2. The van der Waals surface area contributed by atoms with E-state index in [2.05, 4.69) is 10.6 Å². The van der Waals surface area contributed by atoms with E-state index in [1.807, 2.05) is 24.4 Å². The Balaban J connectivity index is 1.68. The number of nitrogens with zero attached hydrogens (tertiary/aromatic N) is 2. The van der Waals surface area contributed by atoms with Crippen LogP contribution in [0.15, 0.2) is 51.4 Å². The van der Waals surface area contributed by atoms with Gasteiger partial charge in [0.1, 0.15) is 6.54 Å². The predicted molar refractivity (Wildman–Crippen MR) is 126 cm³/mol. The van der Waals surface area contributed by atoms with Gasteiger partial charge in [-0.25, -0.2) is 4.79 Å². The molecule has 170 valence electrons. The first-order chi connectivity index (χ1) is 15.5. The van der Waals surface area contributed by atoms with E-state index >= 15 is 0 Å². The smallest absolute Gasteiger partial charge is 0.331 e. The van der Waals surface area contributed by atoms with Crippen molar-refractivity contribution in [2.45, 2.75) is 52.2 Å². The highest BCUT2D eigenvalue weighted by Gasteiger charge is 2.15. The zero-order chi connectivity index (χ0) is 22.9. The van der Waals surface area contributed by atoms with Crippen molar-refractivity contribution < 1.29 is 9.59 Å². The highest BCUT2D eigenvalue weighted by molar-refractivity contribution is 7.09. The molecule has 0 aliphatic carbocycles. The van der Waals surface area contributed by atoms with Crippen LogP contribution in [-0.2, 0) is 29.2 Å². The minimum Gasteiger partial charge on any atom is -0.355 e. The number of hydrogen-bond donors (Lipinski definition) is 2. The van der Waals surface area contributed by atoms with Crippen LogP contribution >= 0.6 is 11.3 Å². The van der Waals surface area contributed by atoms with Gasteiger partial charge >= 0.3 is 5.69 Å². The number of rotatable bonds is 11. The lowest BCUT2D eigenvalue weighted by Gasteiger charge is -2.14. The molecule has 0 fully saturated rings. The molecule has 0 spiro atoms. The lowest BCUT2D eigenvalue weighted by Crippen LogP contribution is -2.42. The van der Waals surface area contributed by atoms with Crippen LogP contribution in [0.4, 0.5) is 0 Å². The summed E-state index contributed by atoms with van der Waals surface area (Å²) in [6.45, 7) is 3.03. The summed E-state index contributed by atoms with van der Waals surface area (Å²) in [6.07, 6.45) is 2.16. The Hall–Kier alpha value is -3.20. The maximum Gasteiger partial charge on any atom is 0.331 e. The summed E-state index contributed by atoms with van der Waals surface area (Å²) in [5.41, 5.74) is -0.446. The molecule has 2 heterocycles. The van der Waals surface area contributed by atoms with Crippen molar-refractivity contribution in [2.24, 2.45) is 0 Å². The van der Waals surface area contributed by atoms with Crippen molar-refractivity contribution in [2.75, 3.05) is 6.54 Å². The number of hydrogen-bond acceptors (Lipinski definition) is 5. The fourth-order valence-corrected chi connectivity index (χ4v) is 4.07. The van der Waals surface area contributed by atoms with E-state index in [0.29, 0.717) is 43.3 Å². The van der Waals surface area contributed by atoms with E-state index in [9.17, 15) is 19.2 Å². The van der Waals surface area contributed by atoms with E-state index in [1.54, 1.807) is 35.6 Å². The third-order valence-corrected chi connectivity index (χ3v) is 5.96. The van der Waals surface area contributed by atoms with Crippen LogP contribution in [0.2, 0.25) is 0 Å². The molecule has 0 bridgehead atoms. The molecule has 8 nitrogen and oxygen atoms in total. The third-order valence-electron chi connectivity index (χ3n) is 5.08. The molecule has 0 unspecified atom stereocenters. The molecular weight excluding hydrogens is 428 g/mol. The summed E-state index contributed by atoms with van der Waals surface area (Å²) < 4.78 is 2.51. The Morgan fingerprint density at radius 1 is 0.969 bits per heavy atom. The van der Waals surface area contributed by atoms with Gasteiger partial charge in [0.25, 0.3) is 5.56 Å². The minimum atomic E-state index is -0.512. The second kappa shape index (κ2) is 11.4. The molecule has 0 atom stereocenters. The van der Waals surface area contributed by atoms with Crippen LogP contribution < -0.4 is 21.9 Å². The maximum absolute atomic E-state index is 13.0. The molecule has 3 aromatic rings. The number of amides is 2. The summed E-state index contributed by atoms with van der Waals surface area (Å²) >= 11 is 1.59. The molecule has 2 N–H and O–H groups in total. The number of carbonyl (C=O) groups excluding carboxylic acids is 2. The van der Waals surface area contributed by atoms with Gasteiger partial charge in [0.05, 0.1) is 17.4 Å². The largest absolute Gasteiger partial charge is 0.355 e. The molecule has 0 radical (unpaired) electrons. The van der Waals surface area contributed by atoms with Gasteiger partial charge in [-0.15, -0.1) is 11.3 Å². The lowest BCUT2D eigenvalue weighted by molar-refractivity contribution is -0.122. The molecule has 0 aliphatic rings. The molecule has 2 amide bonds. The first-order valence-electron chi connectivity index (χ1n) is 10.8. The van der Waals surface area contributed by atoms with E-state index < -0.39 is 5.69 Å². The molecule has 0 saturated carbocycles. The molecule has 1 aromatic carbocycles. The van der Waals surface area contributed by atoms with Gasteiger partial charge in [0.15, 0.2) is 0 Å².